The number of halogens is 1. The van der Waals surface area contributed by atoms with Crippen LogP contribution in [-0.4, -0.2) is 22.6 Å². The quantitative estimate of drug-likeness (QED) is 0.615. The third-order valence-corrected chi connectivity index (χ3v) is 2.76. The number of nitrogens with zero attached hydrogens (tertiary/aromatic N) is 1. The van der Waals surface area contributed by atoms with Crippen LogP contribution >= 0.6 is 11.6 Å². The summed E-state index contributed by atoms with van der Waals surface area (Å²) in [6, 6.07) is 0. The molecular weight excluding hydrogens is 206 g/mol. The van der Waals surface area contributed by atoms with Crippen molar-refractivity contribution in [1.29, 1.82) is 0 Å². The molecule has 14 heavy (non-hydrogen) atoms. The Labute approximate surface area is 85.6 Å². The zero-order valence-electron chi connectivity index (χ0n) is 7.33. The summed E-state index contributed by atoms with van der Waals surface area (Å²) in [7, 11) is 0. The summed E-state index contributed by atoms with van der Waals surface area (Å²) < 4.78 is 0. The van der Waals surface area contributed by atoms with Crippen LogP contribution in [0.4, 0.5) is 0 Å². The van der Waals surface area contributed by atoms with Gasteiger partial charge in [0.1, 0.15) is 5.84 Å². The van der Waals surface area contributed by atoms with E-state index in [1.165, 1.54) is 6.20 Å². The molecule has 6 heteroatoms. The van der Waals surface area contributed by atoms with E-state index in [1.807, 2.05) is 0 Å². The van der Waals surface area contributed by atoms with Crippen LogP contribution in [0.15, 0.2) is 16.2 Å². The molecule has 76 valence electrons. The highest BCUT2D eigenvalue weighted by Gasteiger charge is 2.52. The molecule has 1 aliphatic heterocycles. The number of hydrogen-bond donors (Lipinski definition) is 3. The first-order valence-electron chi connectivity index (χ1n) is 4.29. The van der Waals surface area contributed by atoms with Crippen LogP contribution in [0.5, 0.6) is 0 Å². The van der Waals surface area contributed by atoms with Gasteiger partial charge in [-0.05, 0) is 12.8 Å². The van der Waals surface area contributed by atoms with E-state index in [2.05, 4.69) is 10.3 Å². The number of carbonyl (C=O) groups is 1. The molecule has 4 N–H and O–H groups in total. The van der Waals surface area contributed by atoms with E-state index in [-0.39, 0.29) is 16.8 Å². The van der Waals surface area contributed by atoms with E-state index >= 15 is 0 Å². The predicted octanol–water partition coefficient (Wildman–Crippen LogP) is 0.218. The lowest BCUT2D eigenvalue weighted by Gasteiger charge is -2.29. The van der Waals surface area contributed by atoms with Crippen LogP contribution in [0.2, 0.25) is 0 Å². The molecule has 1 unspecified atom stereocenters. The summed E-state index contributed by atoms with van der Waals surface area (Å²) in [5, 5.41) is 12.1. The molecular formula is C8H10ClN3O2. The standard InChI is InChI=1S/C8H10ClN3O2/c9-5-3-11-8(7(13)14,4-1-2-4)12-6(5)10/h3-4,11H,1-2H2,(H2,10,12)(H,13,14). The SMILES string of the molecule is NC1=NC(C(=O)O)(C2CC2)NC=C1Cl. The lowest BCUT2D eigenvalue weighted by Crippen LogP contribution is -2.53. The van der Waals surface area contributed by atoms with E-state index in [4.69, 9.17) is 22.4 Å². The second-order valence-corrected chi connectivity index (χ2v) is 3.89. The first-order valence-corrected chi connectivity index (χ1v) is 4.66. The smallest absolute Gasteiger partial charge is 0.352 e. The van der Waals surface area contributed by atoms with Crippen LogP contribution in [0, 0.1) is 5.92 Å². The summed E-state index contributed by atoms with van der Waals surface area (Å²) in [6.45, 7) is 0. The lowest BCUT2D eigenvalue weighted by molar-refractivity contribution is -0.145. The van der Waals surface area contributed by atoms with Crippen molar-refractivity contribution in [3.63, 3.8) is 0 Å². The summed E-state index contributed by atoms with van der Waals surface area (Å²) in [6.07, 6.45) is 3.10. The van der Waals surface area contributed by atoms with Crippen molar-refractivity contribution in [3.8, 4) is 0 Å². The van der Waals surface area contributed by atoms with Gasteiger partial charge in [-0.15, -0.1) is 0 Å². The van der Waals surface area contributed by atoms with Gasteiger partial charge < -0.3 is 16.2 Å². The summed E-state index contributed by atoms with van der Waals surface area (Å²) in [5.41, 5.74) is 4.21. The zero-order valence-corrected chi connectivity index (χ0v) is 8.08. The maximum atomic E-state index is 11.1. The Morgan fingerprint density at radius 1 is 1.79 bits per heavy atom. The van der Waals surface area contributed by atoms with Gasteiger partial charge in [-0.3, -0.25) is 0 Å². The van der Waals surface area contributed by atoms with Crippen molar-refractivity contribution in [2.24, 2.45) is 16.6 Å². The topological polar surface area (TPSA) is 87.7 Å². The van der Waals surface area contributed by atoms with E-state index in [0.717, 1.165) is 12.8 Å². The highest BCUT2D eigenvalue weighted by molar-refractivity contribution is 6.43. The Morgan fingerprint density at radius 3 is 2.86 bits per heavy atom. The molecule has 1 aliphatic carbocycles. The fraction of sp³-hybridized carbons (Fsp3) is 0.500. The van der Waals surface area contributed by atoms with Gasteiger partial charge in [-0.1, -0.05) is 11.6 Å². The van der Waals surface area contributed by atoms with Crippen molar-refractivity contribution >= 4 is 23.4 Å². The van der Waals surface area contributed by atoms with Gasteiger partial charge in [0.2, 0.25) is 5.66 Å². The van der Waals surface area contributed by atoms with Gasteiger partial charge in [-0.25, -0.2) is 9.79 Å². The fourth-order valence-corrected chi connectivity index (χ4v) is 1.61. The summed E-state index contributed by atoms with van der Waals surface area (Å²) in [4.78, 5) is 15.1. The molecule has 0 radical (unpaired) electrons. The number of aliphatic imine (C=N–C) groups is 1. The van der Waals surface area contributed by atoms with Crippen molar-refractivity contribution in [1.82, 2.24) is 5.32 Å². The maximum absolute atomic E-state index is 11.1. The van der Waals surface area contributed by atoms with Crippen LogP contribution in [0.3, 0.4) is 0 Å². The molecule has 2 rings (SSSR count). The number of rotatable bonds is 2. The van der Waals surface area contributed by atoms with Gasteiger partial charge in [-0.2, -0.15) is 0 Å². The molecule has 0 aromatic rings. The van der Waals surface area contributed by atoms with Gasteiger partial charge in [0.15, 0.2) is 0 Å². The average molecular weight is 216 g/mol. The van der Waals surface area contributed by atoms with E-state index in [0.29, 0.717) is 0 Å². The zero-order chi connectivity index (χ0) is 10.3. The molecule has 1 fully saturated rings. The fourth-order valence-electron chi connectivity index (χ4n) is 1.52. The largest absolute Gasteiger partial charge is 0.478 e. The molecule has 1 saturated carbocycles. The maximum Gasteiger partial charge on any atom is 0.352 e. The minimum atomic E-state index is -1.29. The third kappa shape index (κ3) is 1.24. The van der Waals surface area contributed by atoms with Crippen LogP contribution < -0.4 is 11.1 Å². The Hall–Kier alpha value is -1.23. The predicted molar refractivity (Wildman–Crippen MR) is 51.8 cm³/mol. The normalized spacial score (nSPS) is 31.5. The van der Waals surface area contributed by atoms with Crippen molar-refractivity contribution in [2.75, 3.05) is 0 Å². The number of carboxylic acid groups (broad SMARTS) is 1. The van der Waals surface area contributed by atoms with Gasteiger partial charge in [0, 0.05) is 12.1 Å². The number of amidine groups is 1. The summed E-state index contributed by atoms with van der Waals surface area (Å²) >= 11 is 5.67. The third-order valence-electron chi connectivity index (χ3n) is 2.45. The monoisotopic (exact) mass is 215 g/mol. The second-order valence-electron chi connectivity index (χ2n) is 3.48. The number of aliphatic carboxylic acids is 1. The first kappa shape index (κ1) is 9.33. The average Bonchev–Trinajstić information content (AvgIpc) is 2.92. The molecule has 1 atom stereocenters. The lowest BCUT2D eigenvalue weighted by atomic mass is 10.0. The van der Waals surface area contributed by atoms with Gasteiger partial charge in [0.25, 0.3) is 0 Å². The molecule has 2 aliphatic rings. The minimum Gasteiger partial charge on any atom is -0.478 e. The number of nitrogens with one attached hydrogen (secondary N) is 1. The van der Waals surface area contributed by atoms with Gasteiger partial charge in [0.05, 0.1) is 5.03 Å². The van der Waals surface area contributed by atoms with E-state index in [1.54, 1.807) is 0 Å². The highest BCUT2D eigenvalue weighted by Crippen LogP contribution is 2.42. The molecule has 1 heterocycles. The first-order chi connectivity index (χ1) is 6.56. The summed E-state index contributed by atoms with van der Waals surface area (Å²) in [5.74, 6) is -0.914. The van der Waals surface area contributed by atoms with Crippen LogP contribution in [0.25, 0.3) is 0 Å². The van der Waals surface area contributed by atoms with Crippen molar-refractivity contribution in [2.45, 2.75) is 18.5 Å². The Balaban J connectivity index is 2.35. The molecule has 0 amide bonds. The number of nitrogens with two attached hydrogens (primary N) is 1. The molecule has 0 aromatic carbocycles. The highest BCUT2D eigenvalue weighted by atomic mass is 35.5. The Kier molecular flexibility index (Phi) is 1.92. The van der Waals surface area contributed by atoms with Crippen LogP contribution in [-0.2, 0) is 4.79 Å². The molecule has 0 bridgehead atoms. The second kappa shape index (κ2) is 2.88. The minimum absolute atomic E-state index is 0.0135. The van der Waals surface area contributed by atoms with Crippen molar-refractivity contribution in [3.05, 3.63) is 11.2 Å². The molecule has 5 nitrogen and oxygen atoms in total. The number of carboxylic acids is 1. The van der Waals surface area contributed by atoms with Gasteiger partial charge >= 0.3 is 5.97 Å². The Bertz CT molecular complexity index is 348. The molecule has 0 aromatic heterocycles. The molecule has 0 saturated heterocycles. The number of hydrogen-bond acceptors (Lipinski definition) is 4. The van der Waals surface area contributed by atoms with E-state index < -0.39 is 11.6 Å². The van der Waals surface area contributed by atoms with Crippen molar-refractivity contribution < 1.29 is 9.90 Å². The Morgan fingerprint density at radius 2 is 2.43 bits per heavy atom. The van der Waals surface area contributed by atoms with Crippen LogP contribution in [0.1, 0.15) is 12.8 Å². The van der Waals surface area contributed by atoms with E-state index in [9.17, 15) is 4.79 Å². The molecule has 0 spiro atoms.